The largest absolute Gasteiger partial charge is 0.481 e. The van der Waals surface area contributed by atoms with E-state index in [0.717, 1.165) is 0 Å². The monoisotopic (exact) mass is 426 g/mol. The Morgan fingerprint density at radius 1 is 1.00 bits per heavy atom. The van der Waals surface area contributed by atoms with Crippen molar-refractivity contribution in [3.63, 3.8) is 0 Å². The van der Waals surface area contributed by atoms with Gasteiger partial charge in [0.1, 0.15) is 0 Å². The average molecular weight is 426 g/mol. The SMILES string of the molecule is CONC(=O)c1ccccc1NS(=O)(=O)NC(=O)Nc1nc(OC)cc(OC)n1. The Kier molecular flexibility index (Phi) is 7.10. The smallest absolute Gasteiger partial charge is 0.336 e. The summed E-state index contributed by atoms with van der Waals surface area (Å²) in [4.78, 5) is 36.2. The lowest BCUT2D eigenvalue weighted by molar-refractivity contribution is 0.0538. The quantitative estimate of drug-likeness (QED) is 0.432. The van der Waals surface area contributed by atoms with Crippen molar-refractivity contribution >= 4 is 33.8 Å². The second-order valence-electron chi connectivity index (χ2n) is 5.12. The molecule has 0 aliphatic carbocycles. The Morgan fingerprint density at radius 2 is 1.62 bits per heavy atom. The summed E-state index contributed by atoms with van der Waals surface area (Å²) < 4.78 is 38.1. The highest BCUT2D eigenvalue weighted by molar-refractivity contribution is 7.91. The summed E-state index contributed by atoms with van der Waals surface area (Å²) in [7, 11) is -0.490. The molecule has 14 heteroatoms. The number of ether oxygens (including phenoxy) is 2. The van der Waals surface area contributed by atoms with E-state index in [1.165, 1.54) is 51.7 Å². The fourth-order valence-corrected chi connectivity index (χ4v) is 2.82. The average Bonchev–Trinajstić information content (AvgIpc) is 2.67. The molecular formula is C15H18N6O7S. The number of carbonyl (C=O) groups excluding carboxylic acids is 2. The van der Waals surface area contributed by atoms with Crippen LogP contribution in [0.1, 0.15) is 10.4 Å². The van der Waals surface area contributed by atoms with Crippen molar-refractivity contribution in [2.45, 2.75) is 0 Å². The molecule has 0 aliphatic rings. The van der Waals surface area contributed by atoms with Crippen LogP contribution in [0.3, 0.4) is 0 Å². The highest BCUT2D eigenvalue weighted by Crippen LogP contribution is 2.18. The number of nitrogens with zero attached hydrogens (tertiary/aromatic N) is 2. The lowest BCUT2D eigenvalue weighted by Gasteiger charge is -2.13. The van der Waals surface area contributed by atoms with Gasteiger partial charge < -0.3 is 9.47 Å². The molecule has 2 aromatic rings. The predicted molar refractivity (Wildman–Crippen MR) is 101 cm³/mol. The van der Waals surface area contributed by atoms with Crippen LogP contribution in [0.5, 0.6) is 11.8 Å². The number of urea groups is 1. The molecule has 0 spiro atoms. The predicted octanol–water partition coefficient (Wildman–Crippen LogP) is 0.263. The number of hydrogen-bond acceptors (Lipinski definition) is 9. The molecule has 29 heavy (non-hydrogen) atoms. The van der Waals surface area contributed by atoms with E-state index >= 15 is 0 Å². The highest BCUT2D eigenvalue weighted by atomic mass is 32.2. The van der Waals surface area contributed by atoms with Gasteiger partial charge in [-0.3, -0.25) is 19.7 Å². The Hall–Kier alpha value is -3.65. The van der Waals surface area contributed by atoms with Gasteiger partial charge >= 0.3 is 16.2 Å². The van der Waals surface area contributed by atoms with Gasteiger partial charge in [0.05, 0.1) is 38.6 Å². The van der Waals surface area contributed by atoms with Gasteiger partial charge in [0.15, 0.2) is 0 Å². The fourth-order valence-electron chi connectivity index (χ4n) is 2.01. The van der Waals surface area contributed by atoms with Crippen molar-refractivity contribution in [2.75, 3.05) is 31.4 Å². The number of benzene rings is 1. The van der Waals surface area contributed by atoms with Crippen LogP contribution in [-0.2, 0) is 15.0 Å². The van der Waals surface area contributed by atoms with Crippen molar-refractivity contribution in [3.05, 3.63) is 35.9 Å². The van der Waals surface area contributed by atoms with Crippen molar-refractivity contribution in [1.82, 2.24) is 20.2 Å². The molecular weight excluding hydrogens is 408 g/mol. The van der Waals surface area contributed by atoms with Gasteiger partial charge in [0, 0.05) is 0 Å². The van der Waals surface area contributed by atoms with Gasteiger partial charge in [0.2, 0.25) is 17.7 Å². The maximum absolute atomic E-state index is 12.2. The summed E-state index contributed by atoms with van der Waals surface area (Å²) in [6.07, 6.45) is 0. The third-order valence-electron chi connectivity index (χ3n) is 3.16. The topological polar surface area (TPSA) is 170 Å². The van der Waals surface area contributed by atoms with Crippen LogP contribution in [0.2, 0.25) is 0 Å². The first kappa shape index (κ1) is 21.6. The molecule has 13 nitrogen and oxygen atoms in total. The number of para-hydroxylation sites is 1. The van der Waals surface area contributed by atoms with Crippen LogP contribution in [-0.4, -0.2) is 51.7 Å². The standard InChI is InChI=1S/C15H18N6O7S/c1-26-11-8-12(27-2)17-14(16-11)18-15(23)21-29(24,25)20-10-7-5-4-6-9(10)13(22)19-28-3/h4-8,20H,1-3H3,(H,19,22)(H2,16,17,18,21,23). The lowest BCUT2D eigenvalue weighted by Crippen LogP contribution is -2.39. The normalized spacial score (nSPS) is 10.6. The molecule has 0 saturated heterocycles. The number of amides is 3. The van der Waals surface area contributed by atoms with E-state index in [-0.39, 0.29) is 29.0 Å². The highest BCUT2D eigenvalue weighted by Gasteiger charge is 2.19. The van der Waals surface area contributed by atoms with E-state index in [2.05, 4.69) is 30.3 Å². The first-order chi connectivity index (χ1) is 13.8. The minimum Gasteiger partial charge on any atom is -0.481 e. The van der Waals surface area contributed by atoms with Crippen molar-refractivity contribution in [1.29, 1.82) is 0 Å². The number of nitrogens with one attached hydrogen (secondary N) is 4. The zero-order valence-corrected chi connectivity index (χ0v) is 16.4. The second-order valence-corrected chi connectivity index (χ2v) is 6.53. The zero-order valence-electron chi connectivity index (χ0n) is 15.5. The van der Waals surface area contributed by atoms with Crippen LogP contribution in [0.4, 0.5) is 16.4 Å². The zero-order chi connectivity index (χ0) is 21.4. The summed E-state index contributed by atoms with van der Waals surface area (Å²) in [5, 5.41) is 2.14. The van der Waals surface area contributed by atoms with Gasteiger partial charge in [-0.2, -0.15) is 18.4 Å². The van der Waals surface area contributed by atoms with E-state index < -0.39 is 22.1 Å². The second kappa shape index (κ2) is 9.52. The molecule has 0 aliphatic heterocycles. The van der Waals surface area contributed by atoms with E-state index in [4.69, 9.17) is 9.47 Å². The van der Waals surface area contributed by atoms with Crippen molar-refractivity contribution < 1.29 is 32.3 Å². The molecule has 0 radical (unpaired) electrons. The molecule has 1 heterocycles. The molecule has 0 atom stereocenters. The first-order valence-electron chi connectivity index (χ1n) is 7.79. The summed E-state index contributed by atoms with van der Waals surface area (Å²) in [6.45, 7) is 0. The number of carbonyl (C=O) groups is 2. The van der Waals surface area contributed by atoms with Crippen LogP contribution in [0.15, 0.2) is 30.3 Å². The molecule has 0 unspecified atom stereocenters. The minimum atomic E-state index is -4.41. The van der Waals surface area contributed by atoms with Gasteiger partial charge in [-0.05, 0) is 12.1 Å². The third-order valence-corrected chi connectivity index (χ3v) is 4.10. The van der Waals surface area contributed by atoms with E-state index in [9.17, 15) is 18.0 Å². The number of aromatic nitrogens is 2. The molecule has 2 rings (SSSR count). The van der Waals surface area contributed by atoms with Gasteiger partial charge in [-0.25, -0.2) is 15.0 Å². The van der Waals surface area contributed by atoms with Crippen LogP contribution in [0, 0.1) is 0 Å². The first-order valence-corrected chi connectivity index (χ1v) is 9.27. The Labute approximate surface area is 165 Å². The number of rotatable bonds is 8. The number of anilines is 2. The van der Waals surface area contributed by atoms with Crippen LogP contribution in [0.25, 0.3) is 0 Å². The molecule has 0 bridgehead atoms. The Bertz CT molecular complexity index is 976. The summed E-state index contributed by atoms with van der Waals surface area (Å²) in [6, 6.07) is 5.92. The molecule has 1 aromatic carbocycles. The number of hydrogen-bond donors (Lipinski definition) is 4. The minimum absolute atomic E-state index is 0.0269. The maximum atomic E-state index is 12.2. The molecule has 0 fully saturated rings. The van der Waals surface area contributed by atoms with Crippen LogP contribution >= 0.6 is 0 Å². The van der Waals surface area contributed by atoms with E-state index in [1.807, 2.05) is 0 Å². The third kappa shape index (κ3) is 6.18. The number of methoxy groups -OCH3 is 2. The summed E-state index contributed by atoms with van der Waals surface area (Å²) in [5.74, 6) is -0.765. The fraction of sp³-hybridized carbons (Fsp3) is 0.200. The Morgan fingerprint density at radius 3 is 2.21 bits per heavy atom. The van der Waals surface area contributed by atoms with Gasteiger partial charge in [-0.1, -0.05) is 12.1 Å². The van der Waals surface area contributed by atoms with Crippen LogP contribution < -0.4 is 29.7 Å². The summed E-state index contributed by atoms with van der Waals surface area (Å²) >= 11 is 0. The lowest BCUT2D eigenvalue weighted by atomic mass is 10.2. The molecule has 0 saturated carbocycles. The van der Waals surface area contributed by atoms with Gasteiger partial charge in [0.25, 0.3) is 5.91 Å². The molecule has 156 valence electrons. The van der Waals surface area contributed by atoms with Crippen molar-refractivity contribution in [2.24, 2.45) is 0 Å². The maximum Gasteiger partial charge on any atom is 0.336 e. The van der Waals surface area contributed by atoms with E-state index in [0.29, 0.717) is 0 Å². The number of hydroxylamine groups is 1. The molecule has 4 N–H and O–H groups in total. The van der Waals surface area contributed by atoms with E-state index in [1.54, 1.807) is 4.72 Å². The summed E-state index contributed by atoms with van der Waals surface area (Å²) in [5.41, 5.74) is 1.96. The Balaban J connectivity index is 2.12. The van der Waals surface area contributed by atoms with Gasteiger partial charge in [-0.15, -0.1) is 0 Å². The molecule has 1 aromatic heterocycles. The van der Waals surface area contributed by atoms with Crippen molar-refractivity contribution in [3.8, 4) is 11.8 Å². The molecule has 3 amide bonds.